The Morgan fingerprint density at radius 2 is 1.41 bits per heavy atom. The highest BCUT2D eigenvalue weighted by atomic mass is 32.2. The van der Waals surface area contributed by atoms with E-state index in [1.165, 1.54) is 8.87 Å². The molecule has 0 bridgehead atoms. The predicted molar refractivity (Wildman–Crippen MR) is 173 cm³/mol. The first-order valence-corrected chi connectivity index (χ1v) is 17.0. The van der Waals surface area contributed by atoms with Gasteiger partial charge in [0, 0.05) is 44.1 Å². The molecule has 0 aliphatic rings. The van der Waals surface area contributed by atoms with Gasteiger partial charge in [-0.2, -0.15) is 0 Å². The molecule has 0 amide bonds. The molecule has 0 aliphatic carbocycles. The quantitative estimate of drug-likeness (QED) is 0.114. The average Bonchev–Trinajstić information content (AvgIpc) is 3.61. The summed E-state index contributed by atoms with van der Waals surface area (Å²) in [4.78, 5) is 27.1. The van der Waals surface area contributed by atoms with Gasteiger partial charge in [0.15, 0.2) is 5.78 Å². The zero-order chi connectivity index (χ0) is 30.2. The van der Waals surface area contributed by atoms with Crippen molar-refractivity contribution in [2.45, 2.75) is 42.4 Å². The molecule has 2 heterocycles. The molecule has 0 fully saturated rings. The van der Waals surface area contributed by atoms with Gasteiger partial charge in [-0.3, -0.25) is 4.79 Å². The minimum absolute atomic E-state index is 0.0353. The number of aromatic amines is 1. The Morgan fingerprint density at radius 1 is 0.829 bits per heavy atom. The van der Waals surface area contributed by atoms with Crippen LogP contribution in [0.2, 0.25) is 0 Å². The van der Waals surface area contributed by atoms with Gasteiger partial charge >= 0.3 is 0 Å². The van der Waals surface area contributed by atoms with E-state index < -0.39 is 10.0 Å². The van der Waals surface area contributed by atoms with Crippen LogP contribution in [-0.2, 0) is 14.8 Å². The van der Waals surface area contributed by atoms with Crippen LogP contribution in [0, 0.1) is 11.8 Å². The number of nitrogens with one attached hydrogen (secondary N) is 1. The summed E-state index contributed by atoms with van der Waals surface area (Å²) in [5.41, 5.74) is 2.46. The monoisotopic (exact) mass is 608 g/mol. The number of H-pyrrole nitrogens is 1. The van der Waals surface area contributed by atoms with Crippen molar-refractivity contribution in [1.29, 1.82) is 0 Å². The fourth-order valence-corrected chi connectivity index (χ4v) is 6.04. The zero-order valence-electron chi connectivity index (χ0n) is 24.1. The maximum atomic E-state index is 12.7. The highest BCUT2D eigenvalue weighted by molar-refractivity contribution is 7.98. The van der Waals surface area contributed by atoms with Gasteiger partial charge in [-0.05, 0) is 61.0 Å². The van der Waals surface area contributed by atoms with Crippen molar-refractivity contribution in [2.24, 2.45) is 11.8 Å². The molecule has 0 unspecified atom stereocenters. The Kier molecular flexibility index (Phi) is 11.5. The summed E-state index contributed by atoms with van der Waals surface area (Å²) in [7, 11) is -3.54. The third-order valence-corrected chi connectivity index (χ3v) is 9.21. The lowest BCUT2D eigenvalue weighted by atomic mass is 10.1. The molecule has 0 saturated carbocycles. The Balaban J connectivity index is 0.000000198. The number of nitrogens with zero attached hydrogens (tertiary/aromatic N) is 1. The molecule has 216 valence electrons. The number of benzene rings is 3. The lowest BCUT2D eigenvalue weighted by molar-refractivity contribution is -0.110. The van der Waals surface area contributed by atoms with Crippen LogP contribution in [0.15, 0.2) is 99.7 Å². The summed E-state index contributed by atoms with van der Waals surface area (Å²) in [5, 5.41) is 2.02. The number of rotatable bonds is 7. The zero-order valence-corrected chi connectivity index (χ0v) is 26.6. The molecular weight excluding hydrogens is 573 g/mol. The first kappa shape index (κ1) is 32.2. The highest BCUT2D eigenvalue weighted by Gasteiger charge is 2.18. The number of aromatic nitrogens is 2. The van der Waals surface area contributed by atoms with Gasteiger partial charge in [0.2, 0.25) is 0 Å². The minimum Gasteiger partial charge on any atom is -0.352 e. The second kappa shape index (κ2) is 14.6. The highest BCUT2D eigenvalue weighted by Crippen LogP contribution is 2.26. The number of fused-ring (bicyclic) bond motifs is 2. The van der Waals surface area contributed by atoms with Crippen LogP contribution in [0.3, 0.4) is 0 Å². The van der Waals surface area contributed by atoms with Gasteiger partial charge in [0.1, 0.15) is 6.29 Å². The van der Waals surface area contributed by atoms with E-state index in [1.54, 1.807) is 60.1 Å². The van der Waals surface area contributed by atoms with Crippen LogP contribution < -0.4 is 0 Å². The molecule has 2 aromatic heterocycles. The van der Waals surface area contributed by atoms with Crippen molar-refractivity contribution < 1.29 is 18.0 Å². The minimum atomic E-state index is -3.54. The molecule has 0 spiro atoms. The molecule has 41 heavy (non-hydrogen) atoms. The van der Waals surface area contributed by atoms with Gasteiger partial charge in [0.05, 0.1) is 16.1 Å². The number of carbonyl (C=O) groups excluding carboxylic acids is 2. The van der Waals surface area contributed by atoms with Gasteiger partial charge < -0.3 is 9.78 Å². The predicted octanol–water partition coefficient (Wildman–Crippen LogP) is 8.17. The molecule has 6 nitrogen and oxygen atoms in total. The summed E-state index contributed by atoms with van der Waals surface area (Å²) in [6, 6.07) is 24.3. The first-order chi connectivity index (χ1) is 19.5. The Morgan fingerprint density at radius 3 is 1.98 bits per heavy atom. The number of hydrogen-bond acceptors (Lipinski definition) is 6. The molecular formula is C32H36N2O4S3. The van der Waals surface area contributed by atoms with Crippen molar-refractivity contribution in [1.82, 2.24) is 8.96 Å². The van der Waals surface area contributed by atoms with Crippen LogP contribution in [-0.4, -0.2) is 42.0 Å². The molecule has 0 saturated heterocycles. The third kappa shape index (κ3) is 8.15. The Labute approximate surface area is 251 Å². The summed E-state index contributed by atoms with van der Waals surface area (Å²) in [6.45, 7) is 7.54. The van der Waals surface area contributed by atoms with E-state index in [2.05, 4.69) is 23.2 Å². The molecule has 0 radical (unpaired) electrons. The van der Waals surface area contributed by atoms with E-state index >= 15 is 0 Å². The van der Waals surface area contributed by atoms with E-state index in [4.69, 9.17) is 0 Å². The van der Waals surface area contributed by atoms with E-state index in [1.807, 2.05) is 70.5 Å². The maximum Gasteiger partial charge on any atom is 0.268 e. The smallest absolute Gasteiger partial charge is 0.268 e. The normalized spacial score (nSPS) is 11.2. The van der Waals surface area contributed by atoms with E-state index in [0.29, 0.717) is 16.1 Å². The van der Waals surface area contributed by atoms with Crippen LogP contribution in [0.1, 0.15) is 38.2 Å². The molecule has 3 aromatic carbocycles. The van der Waals surface area contributed by atoms with Crippen molar-refractivity contribution >= 4 is 67.4 Å². The van der Waals surface area contributed by atoms with Gasteiger partial charge in [0.25, 0.3) is 10.0 Å². The lowest BCUT2D eigenvalue weighted by Gasteiger charge is -2.08. The standard InChI is InChI=1S/C15H13NO2S2.C13H15NOS.C4H8O/c1-19-13-8-7-12-9-10-16(15(12)11-13)20(17,18)14-5-3-2-4-6-14;1-8(2)13(15)12-6-9-4-5-10(16-3)7-11(9)14-12;1-4(2)3-5/h2-11H,1H3;4-8,14H,1-3H3;3-4H,1-2H3. The third-order valence-electron chi connectivity index (χ3n) is 6.06. The Bertz CT molecular complexity index is 1720. The van der Waals surface area contributed by atoms with Crippen molar-refractivity contribution in [2.75, 3.05) is 12.5 Å². The average molecular weight is 609 g/mol. The summed E-state index contributed by atoms with van der Waals surface area (Å²) >= 11 is 3.30. The number of thioether (sulfide) groups is 2. The molecule has 1 N–H and O–H groups in total. The molecule has 5 aromatic rings. The first-order valence-electron chi connectivity index (χ1n) is 13.1. The summed E-state index contributed by atoms with van der Waals surface area (Å²) in [5.74, 6) is 0.407. The van der Waals surface area contributed by atoms with Gasteiger partial charge in [-0.1, -0.05) is 58.0 Å². The molecule has 9 heteroatoms. The number of carbonyl (C=O) groups is 2. The second-order valence-corrected chi connectivity index (χ2v) is 13.5. The second-order valence-electron chi connectivity index (χ2n) is 9.89. The lowest BCUT2D eigenvalue weighted by Crippen LogP contribution is -2.11. The van der Waals surface area contributed by atoms with E-state index in [-0.39, 0.29) is 17.6 Å². The fourth-order valence-electron chi connectivity index (χ4n) is 3.80. The summed E-state index contributed by atoms with van der Waals surface area (Å²) in [6.07, 6.45) is 6.54. The van der Waals surface area contributed by atoms with Crippen molar-refractivity contribution in [3.05, 3.63) is 90.8 Å². The van der Waals surface area contributed by atoms with E-state index in [0.717, 1.165) is 27.5 Å². The summed E-state index contributed by atoms with van der Waals surface area (Å²) < 4.78 is 26.7. The largest absolute Gasteiger partial charge is 0.352 e. The SMILES string of the molecule is CC(C)C=O.CSc1ccc2cc(C(=O)C(C)C)[nH]c2c1.CSc1ccc2ccn(S(=O)(=O)c3ccccc3)c2c1. The number of hydrogen-bond donors (Lipinski definition) is 1. The van der Waals surface area contributed by atoms with Crippen molar-refractivity contribution in [3.63, 3.8) is 0 Å². The maximum absolute atomic E-state index is 12.7. The van der Waals surface area contributed by atoms with Gasteiger partial charge in [-0.25, -0.2) is 12.4 Å². The van der Waals surface area contributed by atoms with Crippen LogP contribution in [0.5, 0.6) is 0 Å². The fraction of sp³-hybridized carbons (Fsp3) is 0.250. The number of aldehydes is 1. The van der Waals surface area contributed by atoms with Crippen LogP contribution >= 0.6 is 23.5 Å². The van der Waals surface area contributed by atoms with Crippen LogP contribution in [0.25, 0.3) is 21.8 Å². The van der Waals surface area contributed by atoms with E-state index in [9.17, 15) is 18.0 Å². The number of ketones is 1. The van der Waals surface area contributed by atoms with Gasteiger partial charge in [-0.15, -0.1) is 23.5 Å². The number of Topliss-reactive ketones (excluding diaryl/α,β-unsaturated/α-hetero) is 1. The van der Waals surface area contributed by atoms with Crippen molar-refractivity contribution in [3.8, 4) is 0 Å². The Hall–Kier alpha value is -3.27. The molecule has 5 rings (SSSR count). The van der Waals surface area contributed by atoms with Crippen LogP contribution in [0.4, 0.5) is 0 Å². The molecule has 0 aliphatic heterocycles. The topological polar surface area (TPSA) is 89.0 Å². The molecule has 0 atom stereocenters.